The van der Waals surface area contributed by atoms with Crippen LogP contribution in [0.1, 0.15) is 33.3 Å². The SMILES string of the molecule is COc1cc(C(=O)N2CCc3oc(Cc4ccccc4)nc3C2)ccc1OCCN.Cl. The topological polar surface area (TPSA) is 90.8 Å². The first kappa shape index (κ1) is 22.7. The maximum absolute atomic E-state index is 13.1. The van der Waals surface area contributed by atoms with Crippen molar-refractivity contribution in [2.75, 3.05) is 26.8 Å². The number of hydrogen-bond donors (Lipinski definition) is 1. The Labute approximate surface area is 187 Å². The molecule has 1 aliphatic heterocycles. The highest BCUT2D eigenvalue weighted by molar-refractivity contribution is 5.95. The molecule has 0 fully saturated rings. The molecule has 31 heavy (non-hydrogen) atoms. The number of amides is 1. The summed E-state index contributed by atoms with van der Waals surface area (Å²) in [5.41, 5.74) is 8.01. The number of aromatic nitrogens is 1. The van der Waals surface area contributed by atoms with Crippen molar-refractivity contribution in [2.24, 2.45) is 5.73 Å². The van der Waals surface area contributed by atoms with E-state index in [0.717, 1.165) is 17.0 Å². The lowest BCUT2D eigenvalue weighted by Crippen LogP contribution is -2.35. The van der Waals surface area contributed by atoms with Gasteiger partial charge in [0.25, 0.3) is 5.91 Å². The van der Waals surface area contributed by atoms with Gasteiger partial charge in [0, 0.05) is 31.5 Å². The molecule has 0 spiro atoms. The van der Waals surface area contributed by atoms with Crippen LogP contribution < -0.4 is 15.2 Å². The number of nitrogens with zero attached hydrogens (tertiary/aromatic N) is 2. The predicted octanol–water partition coefficient (Wildman–Crippen LogP) is 3.23. The Morgan fingerprint density at radius 2 is 2.00 bits per heavy atom. The summed E-state index contributed by atoms with van der Waals surface area (Å²) in [6, 6.07) is 15.3. The molecule has 0 aliphatic carbocycles. The highest BCUT2D eigenvalue weighted by atomic mass is 35.5. The van der Waals surface area contributed by atoms with E-state index in [1.54, 1.807) is 30.2 Å². The average Bonchev–Trinajstić information content (AvgIpc) is 3.19. The molecule has 3 aromatic rings. The zero-order valence-electron chi connectivity index (χ0n) is 17.4. The van der Waals surface area contributed by atoms with Crippen LogP contribution in [0.3, 0.4) is 0 Å². The van der Waals surface area contributed by atoms with Crippen molar-refractivity contribution >= 4 is 18.3 Å². The second-order valence-corrected chi connectivity index (χ2v) is 7.12. The molecular formula is C23H26ClN3O4. The highest BCUT2D eigenvalue weighted by Crippen LogP contribution is 2.29. The third-order valence-electron chi connectivity index (χ3n) is 5.04. The predicted molar refractivity (Wildman–Crippen MR) is 119 cm³/mol. The van der Waals surface area contributed by atoms with Gasteiger partial charge >= 0.3 is 0 Å². The van der Waals surface area contributed by atoms with Gasteiger partial charge in [0.1, 0.15) is 18.1 Å². The lowest BCUT2D eigenvalue weighted by atomic mass is 10.1. The Kier molecular flexibility index (Phi) is 7.55. The van der Waals surface area contributed by atoms with E-state index in [-0.39, 0.29) is 18.3 Å². The minimum absolute atomic E-state index is 0. The van der Waals surface area contributed by atoms with Gasteiger partial charge in [-0.3, -0.25) is 4.79 Å². The van der Waals surface area contributed by atoms with E-state index >= 15 is 0 Å². The third kappa shape index (κ3) is 5.18. The number of carbonyl (C=O) groups excluding carboxylic acids is 1. The maximum Gasteiger partial charge on any atom is 0.254 e. The van der Waals surface area contributed by atoms with Crippen LogP contribution >= 0.6 is 12.4 Å². The van der Waals surface area contributed by atoms with Gasteiger partial charge in [-0.1, -0.05) is 30.3 Å². The van der Waals surface area contributed by atoms with Crippen LogP contribution in [-0.2, 0) is 19.4 Å². The van der Waals surface area contributed by atoms with Crippen molar-refractivity contribution in [3.8, 4) is 11.5 Å². The summed E-state index contributed by atoms with van der Waals surface area (Å²) in [7, 11) is 1.55. The molecule has 0 saturated heterocycles. The number of halogens is 1. The quantitative estimate of drug-likeness (QED) is 0.602. The van der Waals surface area contributed by atoms with Crippen LogP contribution in [0.15, 0.2) is 52.9 Å². The molecule has 8 heteroatoms. The summed E-state index contributed by atoms with van der Waals surface area (Å²) in [6.45, 7) is 1.81. The number of benzene rings is 2. The van der Waals surface area contributed by atoms with E-state index in [4.69, 9.17) is 19.6 Å². The number of ether oxygens (including phenoxy) is 2. The van der Waals surface area contributed by atoms with Crippen LogP contribution in [-0.4, -0.2) is 42.6 Å². The smallest absolute Gasteiger partial charge is 0.254 e. The molecule has 0 bridgehead atoms. The lowest BCUT2D eigenvalue weighted by Gasteiger charge is -2.25. The zero-order valence-corrected chi connectivity index (χ0v) is 18.2. The number of nitrogens with two attached hydrogens (primary N) is 1. The fourth-order valence-electron chi connectivity index (χ4n) is 3.54. The Morgan fingerprint density at radius 3 is 2.74 bits per heavy atom. The Bertz CT molecular complexity index is 1020. The second kappa shape index (κ2) is 10.3. The van der Waals surface area contributed by atoms with Gasteiger partial charge in [-0.15, -0.1) is 12.4 Å². The molecule has 4 rings (SSSR count). The van der Waals surface area contributed by atoms with Gasteiger partial charge in [0.2, 0.25) is 0 Å². The molecule has 2 aromatic carbocycles. The number of hydrogen-bond acceptors (Lipinski definition) is 6. The number of rotatable bonds is 7. The van der Waals surface area contributed by atoms with Crippen molar-refractivity contribution in [1.29, 1.82) is 0 Å². The van der Waals surface area contributed by atoms with Crippen molar-refractivity contribution in [3.05, 3.63) is 77.0 Å². The molecule has 0 atom stereocenters. The van der Waals surface area contributed by atoms with E-state index < -0.39 is 0 Å². The molecule has 164 valence electrons. The summed E-state index contributed by atoms with van der Waals surface area (Å²) in [4.78, 5) is 19.5. The first-order valence-corrected chi connectivity index (χ1v) is 9.99. The standard InChI is InChI=1S/C23H25N3O4.ClH/c1-28-21-14-17(7-8-20(21)29-12-10-24)23(27)26-11-9-19-18(15-26)25-22(30-19)13-16-5-3-2-4-6-16;/h2-8,14H,9-13,15,24H2,1H3;1H. The van der Waals surface area contributed by atoms with E-state index in [1.807, 2.05) is 30.3 Å². The van der Waals surface area contributed by atoms with Gasteiger partial charge in [-0.2, -0.15) is 0 Å². The molecule has 0 radical (unpaired) electrons. The summed E-state index contributed by atoms with van der Waals surface area (Å²) in [5.74, 6) is 2.56. The van der Waals surface area contributed by atoms with E-state index in [2.05, 4.69) is 4.98 Å². The molecule has 1 aliphatic rings. The van der Waals surface area contributed by atoms with Crippen LogP contribution in [0, 0.1) is 0 Å². The fourth-order valence-corrected chi connectivity index (χ4v) is 3.54. The maximum atomic E-state index is 13.1. The first-order chi connectivity index (χ1) is 14.7. The summed E-state index contributed by atoms with van der Waals surface area (Å²) in [6.07, 6.45) is 1.29. The fraction of sp³-hybridized carbons (Fsp3) is 0.304. The molecule has 1 amide bonds. The Balaban J connectivity index is 0.00000272. The van der Waals surface area contributed by atoms with E-state index in [9.17, 15) is 4.79 Å². The normalized spacial score (nSPS) is 12.6. The lowest BCUT2D eigenvalue weighted by molar-refractivity contribution is 0.0727. The Morgan fingerprint density at radius 1 is 1.19 bits per heavy atom. The largest absolute Gasteiger partial charge is 0.493 e. The zero-order chi connectivity index (χ0) is 20.9. The minimum Gasteiger partial charge on any atom is -0.493 e. The van der Waals surface area contributed by atoms with Crippen LogP contribution in [0.2, 0.25) is 0 Å². The number of oxazole rings is 1. The molecule has 1 aromatic heterocycles. The molecule has 7 nitrogen and oxygen atoms in total. The first-order valence-electron chi connectivity index (χ1n) is 9.99. The monoisotopic (exact) mass is 443 g/mol. The van der Waals surface area contributed by atoms with Crippen molar-refractivity contribution in [3.63, 3.8) is 0 Å². The average molecular weight is 444 g/mol. The number of carbonyl (C=O) groups is 1. The molecule has 2 N–H and O–H groups in total. The van der Waals surface area contributed by atoms with Gasteiger partial charge < -0.3 is 24.5 Å². The second-order valence-electron chi connectivity index (χ2n) is 7.12. The summed E-state index contributed by atoms with van der Waals surface area (Å²) >= 11 is 0. The van der Waals surface area contributed by atoms with Crippen LogP contribution in [0.5, 0.6) is 11.5 Å². The molecular weight excluding hydrogens is 418 g/mol. The molecule has 0 saturated carbocycles. The highest BCUT2D eigenvalue weighted by Gasteiger charge is 2.26. The van der Waals surface area contributed by atoms with Crippen molar-refractivity contribution in [2.45, 2.75) is 19.4 Å². The van der Waals surface area contributed by atoms with Gasteiger partial charge in [0.05, 0.1) is 13.7 Å². The van der Waals surface area contributed by atoms with Gasteiger partial charge in [-0.25, -0.2) is 4.98 Å². The van der Waals surface area contributed by atoms with Gasteiger partial charge in [-0.05, 0) is 23.8 Å². The molecule has 2 heterocycles. The minimum atomic E-state index is -0.0723. The number of fused-ring (bicyclic) bond motifs is 1. The van der Waals surface area contributed by atoms with E-state index in [1.165, 1.54) is 0 Å². The Hall–Kier alpha value is -3.03. The number of methoxy groups -OCH3 is 1. The van der Waals surface area contributed by atoms with Crippen LogP contribution in [0.4, 0.5) is 0 Å². The van der Waals surface area contributed by atoms with Crippen molar-refractivity contribution < 1.29 is 18.7 Å². The van der Waals surface area contributed by atoms with Crippen molar-refractivity contribution in [1.82, 2.24) is 9.88 Å². The summed E-state index contributed by atoms with van der Waals surface area (Å²) < 4.78 is 16.9. The van der Waals surface area contributed by atoms with E-state index in [0.29, 0.717) is 62.0 Å². The van der Waals surface area contributed by atoms with Crippen LogP contribution in [0.25, 0.3) is 0 Å². The molecule has 0 unspecified atom stereocenters. The summed E-state index contributed by atoms with van der Waals surface area (Å²) in [5, 5.41) is 0. The van der Waals surface area contributed by atoms with Gasteiger partial charge in [0.15, 0.2) is 17.4 Å². The third-order valence-corrected chi connectivity index (χ3v) is 5.04.